The second-order valence-electron chi connectivity index (χ2n) is 7.04. The van der Waals surface area contributed by atoms with Crippen LogP contribution in [0.4, 0.5) is 5.69 Å². The molecule has 0 aliphatic carbocycles. The minimum absolute atomic E-state index is 0.117. The van der Waals surface area contributed by atoms with Crippen LogP contribution in [-0.4, -0.2) is 13.0 Å². The zero-order valence-corrected chi connectivity index (χ0v) is 20.9. The van der Waals surface area contributed by atoms with Crippen LogP contribution in [0.5, 0.6) is 11.5 Å². The van der Waals surface area contributed by atoms with Gasteiger partial charge in [0.05, 0.1) is 27.3 Å². The number of hydrogen-bond acceptors (Lipinski definition) is 4. The molecule has 0 heterocycles. The number of ether oxygens (including phenoxy) is 2. The van der Waals surface area contributed by atoms with Crippen molar-refractivity contribution in [2.45, 2.75) is 13.5 Å². The first-order chi connectivity index (χ1) is 15.8. The molecule has 0 bridgehead atoms. The summed E-state index contributed by atoms with van der Waals surface area (Å²) in [4.78, 5) is 12.6. The van der Waals surface area contributed by atoms with E-state index in [1.807, 2.05) is 37.3 Å². The van der Waals surface area contributed by atoms with Gasteiger partial charge in [-0.05, 0) is 64.3 Å². The molecule has 8 heteroatoms. The van der Waals surface area contributed by atoms with E-state index in [0.29, 0.717) is 38.9 Å². The fraction of sp³-hybridized carbons (Fsp3) is 0.120. The van der Waals surface area contributed by atoms with Gasteiger partial charge >= 0.3 is 0 Å². The van der Waals surface area contributed by atoms with Gasteiger partial charge in [0.2, 0.25) is 0 Å². The van der Waals surface area contributed by atoms with Crippen molar-refractivity contribution in [3.63, 3.8) is 0 Å². The fourth-order valence-electron chi connectivity index (χ4n) is 3.03. The molecule has 0 fully saturated rings. The Bertz CT molecular complexity index is 1270. The number of nitrogens with zero attached hydrogens (tertiary/aromatic N) is 1. The summed E-state index contributed by atoms with van der Waals surface area (Å²) in [5.74, 6) is 0.361. The number of carbonyl (C=O) groups is 1. The first-order valence-corrected chi connectivity index (χ1v) is 11.3. The Morgan fingerprint density at radius 1 is 1.18 bits per heavy atom. The average molecular weight is 546 g/mol. The minimum atomic E-state index is -0.614. The molecule has 0 saturated heterocycles. The SMILES string of the molecule is COc1cc(/C=C(/C#N)C(=O)Nc2cccc(Cl)c2Cl)cc(Br)c1OCc1cccc(C)c1. The number of hydrogen-bond donors (Lipinski definition) is 1. The zero-order valence-electron chi connectivity index (χ0n) is 17.8. The van der Waals surface area contributed by atoms with Crippen LogP contribution in [0.2, 0.25) is 10.0 Å². The molecule has 3 aromatic rings. The summed E-state index contributed by atoms with van der Waals surface area (Å²) < 4.78 is 12.1. The van der Waals surface area contributed by atoms with Crippen molar-refractivity contribution < 1.29 is 14.3 Å². The number of rotatable bonds is 7. The Morgan fingerprint density at radius 3 is 2.64 bits per heavy atom. The molecule has 1 N–H and O–H groups in total. The highest BCUT2D eigenvalue weighted by molar-refractivity contribution is 9.10. The molecule has 33 heavy (non-hydrogen) atoms. The largest absolute Gasteiger partial charge is 0.493 e. The second kappa shape index (κ2) is 11.2. The van der Waals surface area contributed by atoms with Gasteiger partial charge in [-0.2, -0.15) is 5.26 Å². The van der Waals surface area contributed by atoms with Gasteiger partial charge in [0, 0.05) is 0 Å². The Labute approximate surface area is 210 Å². The van der Waals surface area contributed by atoms with Crippen molar-refractivity contribution in [1.82, 2.24) is 0 Å². The van der Waals surface area contributed by atoms with Gasteiger partial charge < -0.3 is 14.8 Å². The monoisotopic (exact) mass is 544 g/mol. The molecule has 1 amide bonds. The van der Waals surface area contributed by atoms with Crippen LogP contribution in [0.25, 0.3) is 6.08 Å². The standard InChI is InChI=1S/C25H19BrCl2N2O3/c1-15-5-3-6-16(9-15)14-33-24-19(26)11-17(12-22(24)32-2)10-18(13-29)25(31)30-21-8-4-7-20(27)23(21)28/h3-12H,14H2,1-2H3,(H,30,31)/b18-10-. The summed E-state index contributed by atoms with van der Waals surface area (Å²) in [6.45, 7) is 2.38. The molecule has 0 atom stereocenters. The Morgan fingerprint density at radius 2 is 1.94 bits per heavy atom. The van der Waals surface area contributed by atoms with Crippen molar-refractivity contribution in [3.05, 3.63) is 91.4 Å². The lowest BCUT2D eigenvalue weighted by molar-refractivity contribution is -0.112. The smallest absolute Gasteiger partial charge is 0.266 e. The number of benzene rings is 3. The predicted molar refractivity (Wildman–Crippen MR) is 135 cm³/mol. The summed E-state index contributed by atoms with van der Waals surface area (Å²) in [6, 6.07) is 18.2. The van der Waals surface area contributed by atoms with Crippen LogP contribution < -0.4 is 14.8 Å². The summed E-state index contributed by atoms with van der Waals surface area (Å²) in [7, 11) is 1.52. The minimum Gasteiger partial charge on any atom is -0.493 e. The number of anilines is 1. The lowest BCUT2D eigenvalue weighted by Gasteiger charge is -2.14. The Kier molecular flexibility index (Phi) is 8.40. The molecule has 0 radical (unpaired) electrons. The number of amides is 1. The van der Waals surface area contributed by atoms with Crippen molar-refractivity contribution in [3.8, 4) is 17.6 Å². The fourth-order valence-corrected chi connectivity index (χ4v) is 3.95. The van der Waals surface area contributed by atoms with Crippen LogP contribution >= 0.6 is 39.1 Å². The zero-order chi connectivity index (χ0) is 24.0. The molecule has 168 valence electrons. The molecule has 0 unspecified atom stereocenters. The van der Waals surface area contributed by atoms with E-state index in [-0.39, 0.29) is 10.6 Å². The van der Waals surface area contributed by atoms with E-state index in [1.54, 1.807) is 30.3 Å². The van der Waals surface area contributed by atoms with Crippen LogP contribution in [-0.2, 0) is 11.4 Å². The van der Waals surface area contributed by atoms with Crippen LogP contribution in [0.15, 0.2) is 64.6 Å². The molecule has 3 aromatic carbocycles. The third-order valence-corrected chi connectivity index (χ3v) is 6.00. The van der Waals surface area contributed by atoms with Crippen LogP contribution in [0.1, 0.15) is 16.7 Å². The third-order valence-electron chi connectivity index (χ3n) is 4.59. The van der Waals surface area contributed by atoms with Crippen LogP contribution in [0.3, 0.4) is 0 Å². The van der Waals surface area contributed by atoms with E-state index < -0.39 is 5.91 Å². The number of nitriles is 1. The van der Waals surface area contributed by atoms with Crippen molar-refractivity contribution in [2.75, 3.05) is 12.4 Å². The normalized spacial score (nSPS) is 11.0. The summed E-state index contributed by atoms with van der Waals surface area (Å²) in [5.41, 5.74) is 2.94. The number of carbonyl (C=O) groups excluding carboxylic acids is 1. The second-order valence-corrected chi connectivity index (χ2v) is 8.68. The lowest BCUT2D eigenvalue weighted by Crippen LogP contribution is -2.13. The summed E-state index contributed by atoms with van der Waals surface area (Å²) in [6.07, 6.45) is 1.45. The van der Waals surface area contributed by atoms with E-state index in [2.05, 4.69) is 21.2 Å². The molecular formula is C25H19BrCl2N2O3. The van der Waals surface area contributed by atoms with E-state index in [9.17, 15) is 10.1 Å². The van der Waals surface area contributed by atoms with Crippen molar-refractivity contribution in [1.29, 1.82) is 5.26 Å². The Balaban J connectivity index is 1.84. The highest BCUT2D eigenvalue weighted by Gasteiger charge is 2.15. The third kappa shape index (κ3) is 6.29. The molecule has 0 spiro atoms. The van der Waals surface area contributed by atoms with Gasteiger partial charge in [-0.25, -0.2) is 0 Å². The van der Waals surface area contributed by atoms with E-state index in [1.165, 1.54) is 13.2 Å². The Hall–Kier alpha value is -2.98. The summed E-state index contributed by atoms with van der Waals surface area (Å²) in [5, 5.41) is 12.6. The molecule has 3 rings (SSSR count). The topological polar surface area (TPSA) is 71.3 Å². The van der Waals surface area contributed by atoms with Gasteiger partial charge in [0.15, 0.2) is 11.5 Å². The molecule has 0 saturated carbocycles. The van der Waals surface area contributed by atoms with Crippen molar-refractivity contribution >= 4 is 56.8 Å². The number of halogens is 3. The van der Waals surface area contributed by atoms with Gasteiger partial charge in [-0.15, -0.1) is 0 Å². The van der Waals surface area contributed by atoms with E-state index in [4.69, 9.17) is 32.7 Å². The maximum absolute atomic E-state index is 12.6. The maximum atomic E-state index is 12.6. The molecular weight excluding hydrogens is 527 g/mol. The van der Waals surface area contributed by atoms with Gasteiger partial charge in [-0.1, -0.05) is 59.1 Å². The predicted octanol–water partition coefficient (Wildman–Crippen LogP) is 7.20. The first kappa shape index (κ1) is 24.7. The quantitative estimate of drug-likeness (QED) is 0.252. The average Bonchev–Trinajstić information content (AvgIpc) is 2.79. The molecule has 0 aliphatic rings. The molecule has 5 nitrogen and oxygen atoms in total. The van der Waals surface area contributed by atoms with Gasteiger partial charge in [-0.3, -0.25) is 4.79 Å². The number of methoxy groups -OCH3 is 1. The number of nitrogens with one attached hydrogen (secondary N) is 1. The van der Waals surface area contributed by atoms with Crippen LogP contribution in [0, 0.1) is 18.3 Å². The summed E-state index contributed by atoms with van der Waals surface area (Å²) >= 11 is 15.6. The molecule has 0 aromatic heterocycles. The van der Waals surface area contributed by atoms with Gasteiger partial charge in [0.1, 0.15) is 18.2 Å². The number of aryl methyl sites for hydroxylation is 1. The maximum Gasteiger partial charge on any atom is 0.266 e. The van der Waals surface area contributed by atoms with E-state index >= 15 is 0 Å². The first-order valence-electron chi connectivity index (χ1n) is 9.75. The highest BCUT2D eigenvalue weighted by Crippen LogP contribution is 2.38. The van der Waals surface area contributed by atoms with Crippen molar-refractivity contribution in [2.24, 2.45) is 0 Å². The van der Waals surface area contributed by atoms with Gasteiger partial charge in [0.25, 0.3) is 5.91 Å². The van der Waals surface area contributed by atoms with E-state index in [0.717, 1.165) is 11.1 Å². The highest BCUT2D eigenvalue weighted by atomic mass is 79.9. The lowest BCUT2D eigenvalue weighted by atomic mass is 10.1. The molecule has 0 aliphatic heterocycles.